The van der Waals surface area contributed by atoms with Gasteiger partial charge in [0.05, 0.1) is 21.8 Å². The van der Waals surface area contributed by atoms with Crippen molar-refractivity contribution in [3.63, 3.8) is 0 Å². The molecule has 3 nitrogen and oxygen atoms in total. The Kier molecular flexibility index (Phi) is 2.96. The van der Waals surface area contributed by atoms with E-state index >= 15 is 0 Å². The van der Waals surface area contributed by atoms with Gasteiger partial charge in [0.1, 0.15) is 5.75 Å². The molecule has 2 aromatic rings. The van der Waals surface area contributed by atoms with Crippen molar-refractivity contribution in [2.24, 2.45) is 5.92 Å². The van der Waals surface area contributed by atoms with Crippen LogP contribution >= 0.6 is 15.9 Å². The highest BCUT2D eigenvalue weighted by atomic mass is 79.9. The molecule has 0 atom stereocenters. The van der Waals surface area contributed by atoms with Gasteiger partial charge in [0.25, 0.3) is 0 Å². The van der Waals surface area contributed by atoms with E-state index in [9.17, 15) is 13.2 Å². The van der Waals surface area contributed by atoms with Crippen LogP contribution in [-0.4, -0.2) is 15.9 Å². The molecule has 0 saturated heterocycles. The van der Waals surface area contributed by atoms with Crippen LogP contribution in [-0.2, 0) is 6.54 Å². The second-order valence-corrected chi connectivity index (χ2v) is 5.51. The number of benzene rings is 1. The highest BCUT2D eigenvalue weighted by Crippen LogP contribution is 2.35. The van der Waals surface area contributed by atoms with Crippen LogP contribution in [0, 0.1) is 5.92 Å². The summed E-state index contributed by atoms with van der Waals surface area (Å²) in [4.78, 5) is 4.13. The van der Waals surface area contributed by atoms with Crippen LogP contribution < -0.4 is 4.74 Å². The Balaban J connectivity index is 1.96. The van der Waals surface area contributed by atoms with Gasteiger partial charge in [-0.2, -0.15) is 0 Å². The third-order valence-corrected chi connectivity index (χ3v) is 3.67. The fourth-order valence-corrected chi connectivity index (χ4v) is 2.40. The molecule has 1 fully saturated rings. The molecule has 0 bridgehead atoms. The Hall–Kier alpha value is -1.24. The number of hydrogen-bond acceptors (Lipinski definition) is 2. The second-order valence-electron chi connectivity index (χ2n) is 4.66. The van der Waals surface area contributed by atoms with E-state index in [1.165, 1.54) is 18.9 Å². The highest BCUT2D eigenvalue weighted by Gasteiger charge is 2.32. The average Bonchev–Trinajstić information content (AvgIpc) is 3.02. The summed E-state index contributed by atoms with van der Waals surface area (Å²) in [6.07, 6.45) is -0.633. The molecule has 0 aliphatic heterocycles. The van der Waals surface area contributed by atoms with E-state index < -0.39 is 6.36 Å². The molecule has 7 heteroatoms. The molecule has 1 aliphatic rings. The van der Waals surface area contributed by atoms with E-state index in [4.69, 9.17) is 0 Å². The van der Waals surface area contributed by atoms with Crippen LogP contribution in [0.15, 0.2) is 22.9 Å². The number of fused-ring (bicyclic) bond motifs is 1. The normalized spacial score (nSPS) is 16.0. The third kappa shape index (κ3) is 2.86. The van der Waals surface area contributed by atoms with E-state index in [2.05, 4.69) is 25.7 Å². The summed E-state index contributed by atoms with van der Waals surface area (Å²) in [5, 5.41) is 0. The predicted octanol–water partition coefficient (Wildman–Crippen LogP) is 4.11. The van der Waals surface area contributed by atoms with Gasteiger partial charge in [0.15, 0.2) is 0 Å². The van der Waals surface area contributed by atoms with Gasteiger partial charge in [-0.25, -0.2) is 4.98 Å². The van der Waals surface area contributed by atoms with Crippen LogP contribution in [0.5, 0.6) is 5.75 Å². The number of nitrogens with zero attached hydrogens (tertiary/aromatic N) is 2. The van der Waals surface area contributed by atoms with Gasteiger partial charge in [-0.1, -0.05) is 0 Å². The molecule has 0 radical (unpaired) electrons. The molecule has 1 heterocycles. The molecule has 0 N–H and O–H groups in total. The molecule has 0 unspecified atom stereocenters. The first-order chi connectivity index (χ1) is 8.92. The lowest BCUT2D eigenvalue weighted by Gasteiger charge is -2.11. The summed E-state index contributed by atoms with van der Waals surface area (Å²) in [6, 6.07) is 2.92. The second kappa shape index (κ2) is 4.40. The Morgan fingerprint density at radius 3 is 2.74 bits per heavy atom. The Labute approximate surface area is 115 Å². The number of imidazole rings is 1. The van der Waals surface area contributed by atoms with Crippen molar-refractivity contribution >= 4 is 27.0 Å². The maximum Gasteiger partial charge on any atom is 0.573 e. The lowest BCUT2D eigenvalue weighted by Crippen LogP contribution is -2.17. The van der Waals surface area contributed by atoms with Crippen LogP contribution in [0.2, 0.25) is 0 Å². The molecule has 1 aromatic carbocycles. The Morgan fingerprint density at radius 1 is 1.37 bits per heavy atom. The minimum atomic E-state index is -4.70. The van der Waals surface area contributed by atoms with E-state index in [0.717, 1.165) is 12.1 Å². The lowest BCUT2D eigenvalue weighted by molar-refractivity contribution is -0.274. The largest absolute Gasteiger partial charge is 0.573 e. The summed E-state index contributed by atoms with van der Waals surface area (Å²) < 4.78 is 42.9. The predicted molar refractivity (Wildman–Crippen MR) is 66.8 cm³/mol. The number of hydrogen-bond donors (Lipinski definition) is 0. The van der Waals surface area contributed by atoms with Crippen LogP contribution in [0.25, 0.3) is 11.0 Å². The first kappa shape index (κ1) is 12.8. The summed E-state index contributed by atoms with van der Waals surface area (Å²) in [7, 11) is 0. The van der Waals surface area contributed by atoms with Gasteiger partial charge < -0.3 is 9.30 Å². The molecule has 102 valence electrons. The molecular weight excluding hydrogens is 325 g/mol. The van der Waals surface area contributed by atoms with Crippen LogP contribution in [0.1, 0.15) is 12.8 Å². The van der Waals surface area contributed by atoms with Gasteiger partial charge in [-0.15, -0.1) is 13.2 Å². The number of alkyl halides is 3. The third-order valence-electron chi connectivity index (χ3n) is 3.05. The number of halogens is 4. The number of aromatic nitrogens is 2. The Bertz CT molecular complexity index is 619. The van der Waals surface area contributed by atoms with E-state index in [-0.39, 0.29) is 10.2 Å². The zero-order chi connectivity index (χ0) is 13.6. The topological polar surface area (TPSA) is 27.1 Å². The van der Waals surface area contributed by atoms with Gasteiger partial charge in [0, 0.05) is 12.6 Å². The molecule has 19 heavy (non-hydrogen) atoms. The fourth-order valence-electron chi connectivity index (χ4n) is 1.99. The van der Waals surface area contributed by atoms with Crippen molar-refractivity contribution in [1.29, 1.82) is 0 Å². The standard InChI is InChI=1S/C12H10BrF3N2O/c13-8-3-10-9(4-11(8)19-12(14,15)16)17-6-18(10)5-7-1-2-7/h3-4,6-7H,1-2,5H2. The highest BCUT2D eigenvalue weighted by molar-refractivity contribution is 9.10. The maximum absolute atomic E-state index is 12.2. The molecule has 1 saturated carbocycles. The van der Waals surface area contributed by atoms with E-state index in [0.29, 0.717) is 11.4 Å². The van der Waals surface area contributed by atoms with Crippen molar-refractivity contribution in [3.05, 3.63) is 22.9 Å². The van der Waals surface area contributed by atoms with Crippen LogP contribution in [0.4, 0.5) is 13.2 Å². The van der Waals surface area contributed by atoms with Gasteiger partial charge in [-0.3, -0.25) is 0 Å². The smallest absolute Gasteiger partial charge is 0.404 e. The average molecular weight is 335 g/mol. The van der Waals surface area contributed by atoms with Gasteiger partial charge >= 0.3 is 6.36 Å². The lowest BCUT2D eigenvalue weighted by atomic mass is 10.3. The van der Waals surface area contributed by atoms with Crippen molar-refractivity contribution in [2.45, 2.75) is 25.7 Å². The molecule has 3 rings (SSSR count). The molecule has 1 aromatic heterocycles. The molecule has 0 amide bonds. The van der Waals surface area contributed by atoms with E-state index in [1.54, 1.807) is 12.4 Å². The first-order valence-corrected chi connectivity index (χ1v) is 6.62. The summed E-state index contributed by atoms with van der Waals surface area (Å²) in [6.45, 7) is 0.864. The minimum absolute atomic E-state index is 0.267. The van der Waals surface area contributed by atoms with Crippen molar-refractivity contribution in [3.8, 4) is 5.75 Å². The number of ether oxygens (including phenoxy) is 1. The molecule has 1 aliphatic carbocycles. The quantitative estimate of drug-likeness (QED) is 0.844. The molecular formula is C12H10BrF3N2O. The zero-order valence-corrected chi connectivity index (χ0v) is 11.3. The van der Waals surface area contributed by atoms with Gasteiger partial charge in [-0.05, 0) is 40.8 Å². The SMILES string of the molecule is FC(F)(F)Oc1cc2ncn(CC3CC3)c2cc1Br. The number of rotatable bonds is 3. The summed E-state index contributed by atoms with van der Waals surface area (Å²) in [5.41, 5.74) is 1.32. The zero-order valence-electron chi connectivity index (χ0n) is 9.75. The summed E-state index contributed by atoms with van der Waals surface area (Å²) in [5.74, 6) is 0.402. The minimum Gasteiger partial charge on any atom is -0.404 e. The Morgan fingerprint density at radius 2 is 2.11 bits per heavy atom. The van der Waals surface area contributed by atoms with E-state index in [1.807, 2.05) is 4.57 Å². The maximum atomic E-state index is 12.2. The van der Waals surface area contributed by atoms with Crippen molar-refractivity contribution in [1.82, 2.24) is 9.55 Å². The summed E-state index contributed by atoms with van der Waals surface area (Å²) >= 11 is 3.10. The van der Waals surface area contributed by atoms with Crippen molar-refractivity contribution < 1.29 is 17.9 Å². The van der Waals surface area contributed by atoms with Crippen LogP contribution in [0.3, 0.4) is 0 Å². The molecule has 0 spiro atoms. The van der Waals surface area contributed by atoms with Gasteiger partial charge in [0.2, 0.25) is 0 Å². The monoisotopic (exact) mass is 334 g/mol. The first-order valence-electron chi connectivity index (χ1n) is 5.82. The fraction of sp³-hybridized carbons (Fsp3) is 0.417. The van der Waals surface area contributed by atoms with Crippen molar-refractivity contribution in [2.75, 3.05) is 0 Å².